The number of nitrogens with one attached hydrogen (secondary N) is 2. The number of nitrogens with zero attached hydrogens (tertiary/aromatic N) is 4. The SMILES string of the molecule is CN=C(NCCC1CCCC(C)C1)NCc1nnc(C)n1C. The quantitative estimate of drug-likeness (QED) is 0.645. The molecular weight excluding hydrogens is 276 g/mol. The number of rotatable bonds is 5. The first-order valence-electron chi connectivity index (χ1n) is 8.39. The first-order valence-corrected chi connectivity index (χ1v) is 8.39. The highest BCUT2D eigenvalue weighted by Crippen LogP contribution is 2.30. The van der Waals surface area contributed by atoms with E-state index < -0.39 is 0 Å². The summed E-state index contributed by atoms with van der Waals surface area (Å²) in [5.41, 5.74) is 0. The molecule has 2 unspecified atom stereocenters. The summed E-state index contributed by atoms with van der Waals surface area (Å²) in [5.74, 6) is 4.45. The summed E-state index contributed by atoms with van der Waals surface area (Å²) in [6, 6.07) is 0. The van der Waals surface area contributed by atoms with Gasteiger partial charge in [0.1, 0.15) is 5.82 Å². The van der Waals surface area contributed by atoms with E-state index in [9.17, 15) is 0 Å². The van der Waals surface area contributed by atoms with Crippen LogP contribution in [0.5, 0.6) is 0 Å². The molecule has 124 valence electrons. The summed E-state index contributed by atoms with van der Waals surface area (Å²) >= 11 is 0. The molecule has 0 aromatic carbocycles. The molecule has 6 nitrogen and oxygen atoms in total. The zero-order valence-electron chi connectivity index (χ0n) is 14.4. The van der Waals surface area contributed by atoms with E-state index >= 15 is 0 Å². The molecule has 1 fully saturated rings. The lowest BCUT2D eigenvalue weighted by Crippen LogP contribution is -2.38. The normalized spacial score (nSPS) is 22.6. The van der Waals surface area contributed by atoms with Crippen LogP contribution in [0.1, 0.15) is 50.7 Å². The van der Waals surface area contributed by atoms with Gasteiger partial charge in [0.05, 0.1) is 6.54 Å². The average Bonchev–Trinajstić information content (AvgIpc) is 2.82. The highest BCUT2D eigenvalue weighted by molar-refractivity contribution is 5.79. The molecule has 1 saturated carbocycles. The van der Waals surface area contributed by atoms with Gasteiger partial charge in [-0.05, 0) is 31.6 Å². The lowest BCUT2D eigenvalue weighted by atomic mass is 9.81. The third kappa shape index (κ3) is 4.71. The third-order valence-electron chi connectivity index (χ3n) is 4.71. The Labute approximate surface area is 133 Å². The van der Waals surface area contributed by atoms with Gasteiger partial charge in [-0.3, -0.25) is 4.99 Å². The van der Waals surface area contributed by atoms with E-state index in [1.165, 1.54) is 32.1 Å². The standard InChI is InChI=1S/C16H30N6/c1-12-6-5-7-14(10-12)8-9-18-16(17-3)19-11-15-21-20-13(2)22(15)4/h12,14H,5-11H2,1-4H3,(H2,17,18,19). The van der Waals surface area contributed by atoms with Crippen molar-refractivity contribution in [1.29, 1.82) is 0 Å². The van der Waals surface area contributed by atoms with E-state index in [1.807, 2.05) is 18.5 Å². The Bertz CT molecular complexity index is 493. The molecule has 22 heavy (non-hydrogen) atoms. The molecule has 0 amide bonds. The van der Waals surface area contributed by atoms with Gasteiger partial charge in [0.2, 0.25) is 0 Å². The van der Waals surface area contributed by atoms with Gasteiger partial charge >= 0.3 is 0 Å². The maximum absolute atomic E-state index is 4.27. The van der Waals surface area contributed by atoms with Gasteiger partial charge in [0.25, 0.3) is 0 Å². The molecule has 0 saturated heterocycles. The summed E-state index contributed by atoms with van der Waals surface area (Å²) in [4.78, 5) is 4.27. The molecule has 0 radical (unpaired) electrons. The minimum atomic E-state index is 0.636. The maximum Gasteiger partial charge on any atom is 0.191 e. The van der Waals surface area contributed by atoms with E-state index in [-0.39, 0.29) is 0 Å². The number of aliphatic imine (C=N–C) groups is 1. The maximum atomic E-state index is 4.27. The Kier molecular flexibility index (Phi) is 6.21. The average molecular weight is 306 g/mol. The van der Waals surface area contributed by atoms with E-state index in [0.29, 0.717) is 6.54 Å². The summed E-state index contributed by atoms with van der Waals surface area (Å²) in [7, 11) is 3.78. The lowest BCUT2D eigenvalue weighted by molar-refractivity contribution is 0.270. The number of guanidine groups is 1. The van der Waals surface area contributed by atoms with Crippen LogP contribution in [0.2, 0.25) is 0 Å². The van der Waals surface area contributed by atoms with Crippen LogP contribution >= 0.6 is 0 Å². The molecule has 1 aromatic rings. The van der Waals surface area contributed by atoms with Crippen molar-refractivity contribution in [2.24, 2.45) is 23.9 Å². The predicted octanol–water partition coefficient (Wildman–Crippen LogP) is 2.00. The Balaban J connectivity index is 1.70. The molecule has 1 aromatic heterocycles. The van der Waals surface area contributed by atoms with Crippen molar-refractivity contribution in [3.05, 3.63) is 11.6 Å². The summed E-state index contributed by atoms with van der Waals surface area (Å²) in [6.45, 7) is 5.95. The Hall–Kier alpha value is -1.59. The first kappa shape index (κ1) is 16.8. The van der Waals surface area contributed by atoms with Crippen molar-refractivity contribution >= 4 is 5.96 Å². The van der Waals surface area contributed by atoms with Crippen LogP contribution in [-0.4, -0.2) is 34.3 Å². The van der Waals surface area contributed by atoms with Crippen LogP contribution in [0.15, 0.2) is 4.99 Å². The largest absolute Gasteiger partial charge is 0.356 e. The van der Waals surface area contributed by atoms with E-state index in [1.54, 1.807) is 7.05 Å². The fraction of sp³-hybridized carbons (Fsp3) is 0.812. The molecule has 2 N–H and O–H groups in total. The van der Waals surface area contributed by atoms with Crippen LogP contribution in [0, 0.1) is 18.8 Å². The second-order valence-corrected chi connectivity index (χ2v) is 6.50. The minimum absolute atomic E-state index is 0.636. The highest BCUT2D eigenvalue weighted by atomic mass is 15.3. The zero-order chi connectivity index (χ0) is 15.9. The highest BCUT2D eigenvalue weighted by Gasteiger charge is 2.18. The molecular formula is C16H30N6. The summed E-state index contributed by atoms with van der Waals surface area (Å²) < 4.78 is 1.99. The van der Waals surface area contributed by atoms with Crippen LogP contribution < -0.4 is 10.6 Å². The smallest absolute Gasteiger partial charge is 0.191 e. The number of hydrogen-bond acceptors (Lipinski definition) is 3. The van der Waals surface area contributed by atoms with E-state index in [0.717, 1.165) is 36.0 Å². The fourth-order valence-corrected chi connectivity index (χ4v) is 3.20. The predicted molar refractivity (Wildman–Crippen MR) is 89.7 cm³/mol. The number of aryl methyl sites for hydroxylation is 1. The van der Waals surface area contributed by atoms with Crippen molar-refractivity contribution in [3.63, 3.8) is 0 Å². The molecule has 2 rings (SSSR count). The van der Waals surface area contributed by atoms with Gasteiger partial charge in [0.15, 0.2) is 11.8 Å². The monoisotopic (exact) mass is 306 g/mol. The summed E-state index contributed by atoms with van der Waals surface area (Å²) in [6.07, 6.45) is 6.80. The molecule has 1 heterocycles. The first-order chi connectivity index (χ1) is 10.6. The van der Waals surface area contributed by atoms with Gasteiger partial charge < -0.3 is 15.2 Å². The topological polar surface area (TPSA) is 67.1 Å². The van der Waals surface area contributed by atoms with Gasteiger partial charge in [0, 0.05) is 20.6 Å². The van der Waals surface area contributed by atoms with Crippen molar-refractivity contribution < 1.29 is 0 Å². The minimum Gasteiger partial charge on any atom is -0.356 e. The molecule has 2 atom stereocenters. The van der Waals surface area contributed by atoms with E-state index in [2.05, 4.69) is 32.7 Å². The molecule has 0 spiro atoms. The van der Waals surface area contributed by atoms with E-state index in [4.69, 9.17) is 0 Å². The summed E-state index contributed by atoms with van der Waals surface area (Å²) in [5, 5.41) is 14.9. The van der Waals surface area contributed by atoms with Gasteiger partial charge in [-0.25, -0.2) is 0 Å². The van der Waals surface area contributed by atoms with Crippen LogP contribution in [0.25, 0.3) is 0 Å². The zero-order valence-corrected chi connectivity index (χ0v) is 14.4. The van der Waals surface area contributed by atoms with Crippen molar-refractivity contribution in [1.82, 2.24) is 25.4 Å². The molecule has 0 bridgehead atoms. The van der Waals surface area contributed by atoms with Crippen molar-refractivity contribution in [3.8, 4) is 0 Å². The molecule has 1 aliphatic carbocycles. The van der Waals surface area contributed by atoms with Crippen LogP contribution in [0.3, 0.4) is 0 Å². The second kappa shape index (κ2) is 8.15. The number of aromatic nitrogens is 3. The third-order valence-corrected chi connectivity index (χ3v) is 4.71. The van der Waals surface area contributed by atoms with Gasteiger partial charge in [-0.1, -0.05) is 26.2 Å². The van der Waals surface area contributed by atoms with Gasteiger partial charge in [-0.15, -0.1) is 10.2 Å². The molecule has 6 heteroatoms. The Morgan fingerprint density at radius 3 is 2.77 bits per heavy atom. The van der Waals surface area contributed by atoms with Crippen LogP contribution in [0.4, 0.5) is 0 Å². The Morgan fingerprint density at radius 1 is 1.32 bits per heavy atom. The van der Waals surface area contributed by atoms with Crippen molar-refractivity contribution in [2.45, 2.75) is 52.5 Å². The molecule has 1 aliphatic rings. The van der Waals surface area contributed by atoms with Gasteiger partial charge in [-0.2, -0.15) is 0 Å². The number of hydrogen-bond donors (Lipinski definition) is 2. The van der Waals surface area contributed by atoms with Crippen LogP contribution in [-0.2, 0) is 13.6 Å². The fourth-order valence-electron chi connectivity index (χ4n) is 3.20. The Morgan fingerprint density at radius 2 is 2.14 bits per heavy atom. The molecule has 0 aliphatic heterocycles. The lowest BCUT2D eigenvalue weighted by Gasteiger charge is -2.26. The van der Waals surface area contributed by atoms with Crippen molar-refractivity contribution in [2.75, 3.05) is 13.6 Å². The second-order valence-electron chi connectivity index (χ2n) is 6.50.